The van der Waals surface area contributed by atoms with Crippen LogP contribution in [0.4, 0.5) is 5.69 Å². The molecule has 4 nitrogen and oxygen atoms in total. The van der Waals surface area contributed by atoms with Crippen molar-refractivity contribution in [1.82, 2.24) is 0 Å². The summed E-state index contributed by atoms with van der Waals surface area (Å²) in [6.07, 6.45) is 3.52. The van der Waals surface area contributed by atoms with Gasteiger partial charge < -0.3 is 10.1 Å². The Labute approximate surface area is 119 Å². The van der Waals surface area contributed by atoms with E-state index in [9.17, 15) is 9.59 Å². The van der Waals surface area contributed by atoms with Crippen molar-refractivity contribution in [2.75, 3.05) is 18.5 Å². The molecule has 108 valence electrons. The van der Waals surface area contributed by atoms with E-state index in [-0.39, 0.29) is 11.7 Å². The standard InChI is InChI=1S/C16H21NO3/c1-12(18)14-3-2-4-15(11-14)17-16(19)6-5-13-7-9-20-10-8-13/h2-4,11,13H,5-10H2,1H3,(H,17,19). The van der Waals surface area contributed by atoms with Crippen molar-refractivity contribution in [1.29, 1.82) is 0 Å². The molecule has 0 aliphatic carbocycles. The van der Waals surface area contributed by atoms with Crippen LogP contribution in [0, 0.1) is 5.92 Å². The Hall–Kier alpha value is -1.68. The third kappa shape index (κ3) is 4.46. The largest absolute Gasteiger partial charge is 0.381 e. The lowest BCUT2D eigenvalue weighted by atomic mass is 9.95. The van der Waals surface area contributed by atoms with Crippen molar-refractivity contribution in [3.8, 4) is 0 Å². The molecule has 4 heteroatoms. The van der Waals surface area contributed by atoms with Crippen molar-refractivity contribution in [2.24, 2.45) is 5.92 Å². The summed E-state index contributed by atoms with van der Waals surface area (Å²) in [5.41, 5.74) is 1.31. The van der Waals surface area contributed by atoms with Crippen LogP contribution in [-0.2, 0) is 9.53 Å². The molecule has 1 aliphatic rings. The van der Waals surface area contributed by atoms with Crippen LogP contribution in [0.25, 0.3) is 0 Å². The van der Waals surface area contributed by atoms with Crippen LogP contribution in [0.5, 0.6) is 0 Å². The van der Waals surface area contributed by atoms with Crippen LogP contribution in [0.2, 0.25) is 0 Å². The molecule has 0 atom stereocenters. The molecule has 20 heavy (non-hydrogen) atoms. The number of Topliss-reactive ketones (excluding diaryl/α,β-unsaturated/α-hetero) is 1. The normalized spacial score (nSPS) is 15.8. The third-order valence-corrected chi connectivity index (χ3v) is 3.67. The summed E-state index contributed by atoms with van der Waals surface area (Å²) >= 11 is 0. The number of hydrogen-bond donors (Lipinski definition) is 1. The van der Waals surface area contributed by atoms with Crippen molar-refractivity contribution in [3.05, 3.63) is 29.8 Å². The van der Waals surface area contributed by atoms with Gasteiger partial charge in [0.15, 0.2) is 5.78 Å². The Morgan fingerprint density at radius 3 is 2.75 bits per heavy atom. The van der Waals surface area contributed by atoms with Crippen LogP contribution in [0.15, 0.2) is 24.3 Å². The first kappa shape index (κ1) is 14.7. The van der Waals surface area contributed by atoms with Crippen LogP contribution >= 0.6 is 0 Å². The van der Waals surface area contributed by atoms with E-state index >= 15 is 0 Å². The zero-order valence-corrected chi connectivity index (χ0v) is 11.9. The minimum absolute atomic E-state index is 0.00306. The zero-order chi connectivity index (χ0) is 14.4. The monoisotopic (exact) mass is 275 g/mol. The second-order valence-electron chi connectivity index (χ2n) is 5.28. The number of benzene rings is 1. The van der Waals surface area contributed by atoms with Crippen molar-refractivity contribution in [3.63, 3.8) is 0 Å². The van der Waals surface area contributed by atoms with E-state index in [1.54, 1.807) is 24.3 Å². The number of anilines is 1. The average Bonchev–Trinajstić information content (AvgIpc) is 2.46. The average molecular weight is 275 g/mol. The molecule has 1 aromatic rings. The van der Waals surface area contributed by atoms with E-state index in [0.29, 0.717) is 23.6 Å². The molecule has 0 unspecified atom stereocenters. The fourth-order valence-corrected chi connectivity index (χ4v) is 2.41. The summed E-state index contributed by atoms with van der Waals surface area (Å²) < 4.78 is 5.31. The van der Waals surface area contributed by atoms with Crippen molar-refractivity contribution < 1.29 is 14.3 Å². The summed E-state index contributed by atoms with van der Waals surface area (Å²) in [4.78, 5) is 23.2. The van der Waals surface area contributed by atoms with E-state index in [4.69, 9.17) is 4.74 Å². The van der Waals surface area contributed by atoms with Gasteiger partial charge in [0.25, 0.3) is 0 Å². The van der Waals surface area contributed by atoms with Gasteiger partial charge in [0.1, 0.15) is 0 Å². The van der Waals surface area contributed by atoms with Crippen molar-refractivity contribution >= 4 is 17.4 Å². The Morgan fingerprint density at radius 2 is 2.05 bits per heavy atom. The minimum atomic E-state index is 0.00306. The predicted molar refractivity (Wildman–Crippen MR) is 77.9 cm³/mol. The molecule has 1 heterocycles. The second kappa shape index (κ2) is 7.20. The maximum Gasteiger partial charge on any atom is 0.224 e. The number of rotatable bonds is 5. The van der Waals surface area contributed by atoms with Gasteiger partial charge in [-0.25, -0.2) is 0 Å². The van der Waals surface area contributed by atoms with Crippen LogP contribution < -0.4 is 5.32 Å². The van der Waals surface area contributed by atoms with Gasteiger partial charge in [0.2, 0.25) is 5.91 Å². The van der Waals surface area contributed by atoms with E-state index in [1.165, 1.54) is 6.92 Å². The van der Waals surface area contributed by atoms with Gasteiger partial charge in [-0.2, -0.15) is 0 Å². The molecule has 0 bridgehead atoms. The zero-order valence-electron chi connectivity index (χ0n) is 11.9. The fourth-order valence-electron chi connectivity index (χ4n) is 2.41. The summed E-state index contributed by atoms with van der Waals surface area (Å²) in [7, 11) is 0. The fraction of sp³-hybridized carbons (Fsp3) is 0.500. The van der Waals surface area contributed by atoms with Gasteiger partial charge in [-0.3, -0.25) is 9.59 Å². The summed E-state index contributed by atoms with van der Waals surface area (Å²) in [5.74, 6) is 0.610. The van der Waals surface area contributed by atoms with Gasteiger partial charge in [-0.1, -0.05) is 12.1 Å². The summed E-state index contributed by atoms with van der Waals surface area (Å²) in [6, 6.07) is 7.05. The molecule has 1 aromatic carbocycles. The topological polar surface area (TPSA) is 55.4 Å². The number of carbonyl (C=O) groups is 2. The highest BCUT2D eigenvalue weighted by Gasteiger charge is 2.15. The Kier molecular flexibility index (Phi) is 5.30. The summed E-state index contributed by atoms with van der Waals surface area (Å²) in [6.45, 7) is 3.14. The maximum atomic E-state index is 11.9. The SMILES string of the molecule is CC(=O)c1cccc(NC(=O)CCC2CCOCC2)c1. The van der Waals surface area contributed by atoms with Crippen LogP contribution in [-0.4, -0.2) is 24.9 Å². The molecule has 1 fully saturated rings. The molecule has 0 saturated carbocycles. The second-order valence-corrected chi connectivity index (χ2v) is 5.28. The highest BCUT2D eigenvalue weighted by molar-refractivity contribution is 5.97. The van der Waals surface area contributed by atoms with Gasteiger partial charge in [0.05, 0.1) is 0 Å². The Morgan fingerprint density at radius 1 is 1.30 bits per heavy atom. The maximum absolute atomic E-state index is 11.9. The lowest BCUT2D eigenvalue weighted by molar-refractivity contribution is -0.116. The lowest BCUT2D eigenvalue weighted by Gasteiger charge is -2.21. The Balaban J connectivity index is 1.81. The molecular formula is C16H21NO3. The first-order valence-electron chi connectivity index (χ1n) is 7.14. The number of nitrogens with one attached hydrogen (secondary N) is 1. The molecule has 1 saturated heterocycles. The number of amides is 1. The molecule has 0 spiro atoms. The first-order chi connectivity index (χ1) is 9.65. The van der Waals surface area contributed by atoms with E-state index < -0.39 is 0 Å². The predicted octanol–water partition coefficient (Wildman–Crippen LogP) is 3.03. The van der Waals surface area contributed by atoms with E-state index in [2.05, 4.69) is 5.32 Å². The number of carbonyl (C=O) groups excluding carboxylic acids is 2. The molecule has 0 aromatic heterocycles. The van der Waals surface area contributed by atoms with Crippen LogP contribution in [0.1, 0.15) is 43.0 Å². The number of hydrogen-bond acceptors (Lipinski definition) is 3. The first-order valence-corrected chi connectivity index (χ1v) is 7.14. The van der Waals surface area contributed by atoms with E-state index in [0.717, 1.165) is 32.5 Å². The molecular weight excluding hydrogens is 254 g/mol. The minimum Gasteiger partial charge on any atom is -0.381 e. The smallest absolute Gasteiger partial charge is 0.224 e. The Bertz CT molecular complexity index is 478. The quantitative estimate of drug-likeness (QED) is 0.840. The highest BCUT2D eigenvalue weighted by Crippen LogP contribution is 2.20. The van der Waals surface area contributed by atoms with Crippen molar-refractivity contribution in [2.45, 2.75) is 32.6 Å². The molecule has 0 radical (unpaired) electrons. The highest BCUT2D eigenvalue weighted by atomic mass is 16.5. The number of ether oxygens (including phenoxy) is 1. The van der Waals surface area contributed by atoms with Gasteiger partial charge >= 0.3 is 0 Å². The summed E-state index contributed by atoms with van der Waals surface area (Å²) in [5, 5.41) is 2.85. The van der Waals surface area contributed by atoms with Gasteiger partial charge in [-0.15, -0.1) is 0 Å². The van der Waals surface area contributed by atoms with Crippen LogP contribution in [0.3, 0.4) is 0 Å². The lowest BCUT2D eigenvalue weighted by Crippen LogP contribution is -2.18. The third-order valence-electron chi connectivity index (χ3n) is 3.67. The van der Waals surface area contributed by atoms with E-state index in [1.807, 2.05) is 0 Å². The molecule has 1 aliphatic heterocycles. The molecule has 2 rings (SSSR count). The van der Waals surface area contributed by atoms with Gasteiger partial charge in [-0.05, 0) is 44.2 Å². The molecule has 1 N–H and O–H groups in total. The number of ketones is 1. The van der Waals surface area contributed by atoms with Gasteiger partial charge in [0, 0.05) is 30.9 Å². The molecule has 1 amide bonds.